The number of hydrogen-bond acceptors (Lipinski definition) is 4. The molecule has 2 aliphatic rings. The van der Waals surface area contributed by atoms with E-state index in [1.165, 1.54) is 11.3 Å². The van der Waals surface area contributed by atoms with Gasteiger partial charge in [0.1, 0.15) is 10.7 Å². The molecule has 1 atom stereocenters. The second-order valence-electron chi connectivity index (χ2n) is 6.69. The third-order valence-electron chi connectivity index (χ3n) is 5.05. The van der Waals surface area contributed by atoms with Crippen LogP contribution in [0.15, 0.2) is 16.9 Å². The molecule has 6 heteroatoms. The van der Waals surface area contributed by atoms with Crippen molar-refractivity contribution in [2.75, 3.05) is 6.54 Å². The number of allylic oxidation sites excluding steroid dienone is 2. The summed E-state index contributed by atoms with van der Waals surface area (Å²) >= 11 is 1.35. The Hall–Kier alpha value is -1.95. The Bertz CT molecular complexity index is 894. The number of carbonyl (C=O) groups excluding carboxylic acids is 1. The van der Waals surface area contributed by atoms with Crippen LogP contribution in [0.2, 0.25) is 0 Å². The lowest BCUT2D eigenvalue weighted by Gasteiger charge is -2.17. The quantitative estimate of drug-likeness (QED) is 0.872. The minimum atomic E-state index is -0.0744. The molecule has 1 aliphatic heterocycles. The van der Waals surface area contributed by atoms with E-state index >= 15 is 0 Å². The number of amides is 1. The summed E-state index contributed by atoms with van der Waals surface area (Å²) in [5, 5.41) is 3.67. The zero-order valence-corrected chi connectivity index (χ0v) is 14.6. The molecule has 0 fully saturated rings. The summed E-state index contributed by atoms with van der Waals surface area (Å²) in [5.41, 5.74) is 0.786. The number of rotatable bonds is 3. The number of carbonyl (C=O) groups is 1. The van der Waals surface area contributed by atoms with Crippen LogP contribution in [0.1, 0.15) is 46.7 Å². The van der Waals surface area contributed by atoms with E-state index in [-0.39, 0.29) is 11.5 Å². The average molecular weight is 343 g/mol. The first-order chi connectivity index (χ1) is 11.6. The molecule has 0 radical (unpaired) electrons. The fourth-order valence-corrected chi connectivity index (χ4v) is 4.76. The first-order valence-electron chi connectivity index (χ1n) is 8.61. The van der Waals surface area contributed by atoms with Crippen LogP contribution in [0.3, 0.4) is 0 Å². The largest absolute Gasteiger partial charge is 0.351 e. The maximum atomic E-state index is 12.7. The predicted molar refractivity (Wildman–Crippen MR) is 95.8 cm³/mol. The standard InChI is InChI=1S/C18H21N3O2S/c1-11-14-17(20-13-8-5-9-21(13)18(14)23)24-15(11)16(22)19-10-12-6-3-2-4-7-12/h2-3,12H,4-10H2,1H3,(H,19,22)/t12-/m0/s1. The van der Waals surface area contributed by atoms with Gasteiger partial charge in [0.05, 0.1) is 10.3 Å². The zero-order chi connectivity index (χ0) is 16.7. The van der Waals surface area contributed by atoms with Crippen molar-refractivity contribution in [1.29, 1.82) is 0 Å². The van der Waals surface area contributed by atoms with Crippen molar-refractivity contribution in [3.63, 3.8) is 0 Å². The summed E-state index contributed by atoms with van der Waals surface area (Å²) in [4.78, 5) is 31.2. The van der Waals surface area contributed by atoms with Crippen LogP contribution in [0.4, 0.5) is 0 Å². The molecular weight excluding hydrogens is 322 g/mol. The minimum Gasteiger partial charge on any atom is -0.351 e. The Kier molecular flexibility index (Phi) is 4.00. The lowest BCUT2D eigenvalue weighted by molar-refractivity contribution is 0.0950. The lowest BCUT2D eigenvalue weighted by atomic mass is 9.94. The van der Waals surface area contributed by atoms with E-state index in [1.54, 1.807) is 4.57 Å². The van der Waals surface area contributed by atoms with E-state index in [1.807, 2.05) is 6.92 Å². The van der Waals surface area contributed by atoms with Gasteiger partial charge >= 0.3 is 0 Å². The number of aromatic nitrogens is 2. The lowest BCUT2D eigenvalue weighted by Crippen LogP contribution is -2.29. The fourth-order valence-electron chi connectivity index (χ4n) is 3.65. The van der Waals surface area contributed by atoms with Crippen LogP contribution in [-0.2, 0) is 13.0 Å². The van der Waals surface area contributed by atoms with Gasteiger partial charge in [0.15, 0.2) is 0 Å². The van der Waals surface area contributed by atoms with Crippen molar-refractivity contribution in [2.24, 2.45) is 5.92 Å². The number of nitrogens with one attached hydrogen (secondary N) is 1. The third-order valence-corrected chi connectivity index (χ3v) is 6.23. The minimum absolute atomic E-state index is 0.0118. The number of thiophene rings is 1. The van der Waals surface area contributed by atoms with Gasteiger partial charge in [0.2, 0.25) is 0 Å². The Morgan fingerprint density at radius 3 is 3.12 bits per heavy atom. The monoisotopic (exact) mass is 343 g/mol. The van der Waals surface area contributed by atoms with Crippen LogP contribution in [0, 0.1) is 12.8 Å². The number of hydrogen-bond donors (Lipinski definition) is 1. The smallest absolute Gasteiger partial charge is 0.262 e. The predicted octanol–water partition coefficient (Wildman–Crippen LogP) is 2.80. The zero-order valence-electron chi connectivity index (χ0n) is 13.8. The summed E-state index contributed by atoms with van der Waals surface area (Å²) in [6.07, 6.45) is 9.46. The van der Waals surface area contributed by atoms with Crippen molar-refractivity contribution in [3.05, 3.63) is 38.8 Å². The summed E-state index contributed by atoms with van der Waals surface area (Å²) in [6.45, 7) is 3.30. The molecule has 1 N–H and O–H groups in total. The SMILES string of the molecule is Cc1c(C(=O)NC[C@H]2CC=CCC2)sc2nc3n(c(=O)c12)CCC3. The molecule has 3 heterocycles. The molecular formula is C18H21N3O2S. The summed E-state index contributed by atoms with van der Waals surface area (Å²) < 4.78 is 1.76. The molecule has 2 aromatic heterocycles. The van der Waals surface area contributed by atoms with Gasteiger partial charge in [-0.2, -0.15) is 0 Å². The Morgan fingerprint density at radius 2 is 2.33 bits per heavy atom. The molecule has 0 spiro atoms. The molecule has 126 valence electrons. The molecule has 0 unspecified atom stereocenters. The van der Waals surface area contributed by atoms with Crippen molar-refractivity contribution in [2.45, 2.75) is 45.6 Å². The summed E-state index contributed by atoms with van der Waals surface area (Å²) in [5.74, 6) is 1.30. The van der Waals surface area contributed by atoms with Crippen molar-refractivity contribution in [3.8, 4) is 0 Å². The molecule has 0 aromatic carbocycles. The van der Waals surface area contributed by atoms with Gasteiger partial charge in [-0.25, -0.2) is 4.98 Å². The van der Waals surface area contributed by atoms with E-state index in [4.69, 9.17) is 0 Å². The van der Waals surface area contributed by atoms with Gasteiger partial charge in [-0.15, -0.1) is 11.3 Å². The van der Waals surface area contributed by atoms with Crippen LogP contribution in [-0.4, -0.2) is 22.0 Å². The van der Waals surface area contributed by atoms with Crippen molar-refractivity contribution >= 4 is 27.5 Å². The third kappa shape index (κ3) is 2.59. The van der Waals surface area contributed by atoms with E-state index in [9.17, 15) is 9.59 Å². The van der Waals surface area contributed by atoms with Crippen LogP contribution in [0.5, 0.6) is 0 Å². The normalized spacial score (nSPS) is 19.6. The molecule has 0 bridgehead atoms. The van der Waals surface area contributed by atoms with E-state index < -0.39 is 0 Å². The number of fused-ring (bicyclic) bond motifs is 2. The molecule has 4 rings (SSSR count). The molecule has 1 aliphatic carbocycles. The maximum absolute atomic E-state index is 12.7. The van der Waals surface area contributed by atoms with Crippen molar-refractivity contribution < 1.29 is 4.79 Å². The van der Waals surface area contributed by atoms with Crippen LogP contribution >= 0.6 is 11.3 Å². The molecule has 5 nitrogen and oxygen atoms in total. The molecule has 1 amide bonds. The molecule has 24 heavy (non-hydrogen) atoms. The van der Waals surface area contributed by atoms with Gasteiger partial charge in [-0.1, -0.05) is 12.2 Å². The van der Waals surface area contributed by atoms with Gasteiger partial charge in [0, 0.05) is 19.5 Å². The van der Waals surface area contributed by atoms with Crippen LogP contribution in [0.25, 0.3) is 10.2 Å². The molecule has 0 saturated carbocycles. The molecule has 2 aromatic rings. The van der Waals surface area contributed by atoms with Crippen molar-refractivity contribution in [1.82, 2.24) is 14.9 Å². The van der Waals surface area contributed by atoms with Gasteiger partial charge in [0.25, 0.3) is 11.5 Å². The second-order valence-corrected chi connectivity index (χ2v) is 7.68. The maximum Gasteiger partial charge on any atom is 0.262 e. The summed E-state index contributed by atoms with van der Waals surface area (Å²) in [6, 6.07) is 0. The highest BCUT2D eigenvalue weighted by atomic mass is 32.1. The van der Waals surface area contributed by atoms with Gasteiger partial charge < -0.3 is 5.32 Å². The van der Waals surface area contributed by atoms with Gasteiger partial charge in [-0.05, 0) is 44.1 Å². The van der Waals surface area contributed by atoms with Gasteiger partial charge in [-0.3, -0.25) is 14.2 Å². The Morgan fingerprint density at radius 1 is 1.46 bits per heavy atom. The highest BCUT2D eigenvalue weighted by Crippen LogP contribution is 2.28. The fraction of sp³-hybridized carbons (Fsp3) is 0.500. The second kappa shape index (κ2) is 6.16. The van der Waals surface area contributed by atoms with E-state index in [2.05, 4.69) is 22.5 Å². The van der Waals surface area contributed by atoms with Crippen LogP contribution < -0.4 is 10.9 Å². The number of aryl methyl sites for hydroxylation is 2. The Labute approximate surface area is 144 Å². The first-order valence-corrected chi connectivity index (χ1v) is 9.43. The topological polar surface area (TPSA) is 64.0 Å². The highest BCUT2D eigenvalue weighted by Gasteiger charge is 2.23. The first kappa shape index (κ1) is 15.6. The Balaban J connectivity index is 1.61. The average Bonchev–Trinajstić information content (AvgIpc) is 3.19. The van der Waals surface area contributed by atoms with E-state index in [0.717, 1.165) is 50.0 Å². The number of nitrogens with zero attached hydrogens (tertiary/aromatic N) is 2. The molecule has 0 saturated heterocycles. The highest BCUT2D eigenvalue weighted by molar-refractivity contribution is 7.20. The summed E-state index contributed by atoms with van der Waals surface area (Å²) in [7, 11) is 0. The van der Waals surface area contributed by atoms with E-state index in [0.29, 0.717) is 27.6 Å².